The predicted octanol–water partition coefficient (Wildman–Crippen LogP) is 2.01. The van der Waals surface area contributed by atoms with Crippen LogP contribution in [0.4, 0.5) is 17.2 Å². The number of hydrogen-bond donors (Lipinski definition) is 4. The number of fused-ring (bicyclic) bond motifs is 1. The Hall–Kier alpha value is -2.74. The Morgan fingerprint density at radius 2 is 2.33 bits per heavy atom. The Labute approximate surface area is 144 Å². The van der Waals surface area contributed by atoms with E-state index < -0.39 is 0 Å². The summed E-state index contributed by atoms with van der Waals surface area (Å²) in [5.41, 5.74) is 14.8. The van der Waals surface area contributed by atoms with Crippen molar-refractivity contribution in [3.8, 4) is 0 Å². The van der Waals surface area contributed by atoms with E-state index in [1.165, 1.54) is 6.20 Å². The molecule has 0 fully saturated rings. The van der Waals surface area contributed by atoms with Gasteiger partial charge in [0.2, 0.25) is 0 Å². The van der Waals surface area contributed by atoms with E-state index in [0.29, 0.717) is 18.1 Å². The number of nitrogens with one attached hydrogen (secondary N) is 2. The van der Waals surface area contributed by atoms with Crippen LogP contribution in [0.5, 0.6) is 0 Å². The van der Waals surface area contributed by atoms with E-state index in [1.54, 1.807) is 31.2 Å². The Balaban J connectivity index is 1.70. The maximum Gasteiger partial charge on any atom is 0.150 e. The average Bonchev–Trinajstić information content (AvgIpc) is 3.02. The van der Waals surface area contributed by atoms with Gasteiger partial charge in [-0.15, -0.1) is 0 Å². The standard InChI is InChI=1S/C16H19N7S/c1-19-8-10(7-17)12-5-4-11(18)15(23-12)21-9-14-22-13-3-2-6-20-16(13)24-14/h2-8,14,22H,9,17-18H2,1H3,(H,21,23). The zero-order chi connectivity index (χ0) is 16.9. The minimum Gasteiger partial charge on any atom is -0.404 e. The van der Waals surface area contributed by atoms with Crippen molar-refractivity contribution >= 4 is 40.7 Å². The molecule has 0 aliphatic carbocycles. The molecule has 0 amide bonds. The summed E-state index contributed by atoms with van der Waals surface area (Å²) in [5, 5.41) is 7.88. The summed E-state index contributed by atoms with van der Waals surface area (Å²) < 4.78 is 0. The number of aliphatic imine (C=N–C) groups is 1. The molecule has 0 saturated carbocycles. The van der Waals surface area contributed by atoms with Crippen molar-refractivity contribution < 1.29 is 0 Å². The van der Waals surface area contributed by atoms with E-state index in [4.69, 9.17) is 11.5 Å². The van der Waals surface area contributed by atoms with Crippen LogP contribution in [-0.2, 0) is 0 Å². The van der Waals surface area contributed by atoms with Gasteiger partial charge in [-0.05, 0) is 24.3 Å². The second-order valence-electron chi connectivity index (χ2n) is 5.13. The molecule has 1 atom stereocenters. The lowest BCUT2D eigenvalue weighted by atomic mass is 10.2. The number of rotatable bonds is 5. The van der Waals surface area contributed by atoms with E-state index in [2.05, 4.69) is 25.6 Å². The zero-order valence-corrected chi connectivity index (χ0v) is 14.0. The molecule has 1 aliphatic rings. The molecule has 3 heterocycles. The quantitative estimate of drug-likeness (QED) is 0.615. The van der Waals surface area contributed by atoms with Crippen molar-refractivity contribution in [3.05, 3.63) is 42.4 Å². The molecule has 7 nitrogen and oxygen atoms in total. The first-order valence-corrected chi connectivity index (χ1v) is 8.32. The average molecular weight is 341 g/mol. The van der Waals surface area contributed by atoms with E-state index in [9.17, 15) is 0 Å². The largest absolute Gasteiger partial charge is 0.404 e. The molecule has 24 heavy (non-hydrogen) atoms. The van der Waals surface area contributed by atoms with Gasteiger partial charge in [-0.2, -0.15) is 0 Å². The van der Waals surface area contributed by atoms with Crippen LogP contribution in [0.1, 0.15) is 5.69 Å². The monoisotopic (exact) mass is 341 g/mol. The third kappa shape index (κ3) is 3.43. The second-order valence-corrected chi connectivity index (χ2v) is 6.32. The van der Waals surface area contributed by atoms with E-state index in [-0.39, 0.29) is 5.37 Å². The molecular formula is C16H19N7S. The fraction of sp³-hybridized carbons (Fsp3) is 0.188. The van der Waals surface area contributed by atoms with Gasteiger partial charge in [0.05, 0.1) is 22.4 Å². The molecule has 1 aliphatic heterocycles. The van der Waals surface area contributed by atoms with E-state index >= 15 is 0 Å². The molecule has 0 saturated heterocycles. The Bertz CT molecular complexity index is 763. The third-order valence-electron chi connectivity index (χ3n) is 3.47. The Morgan fingerprint density at radius 1 is 1.46 bits per heavy atom. The molecule has 8 heteroatoms. The summed E-state index contributed by atoms with van der Waals surface area (Å²) in [6.07, 6.45) is 4.94. The summed E-state index contributed by atoms with van der Waals surface area (Å²) in [5.74, 6) is 0.627. The summed E-state index contributed by atoms with van der Waals surface area (Å²) >= 11 is 1.68. The SMILES string of the molecule is CN=CC(=CN)c1ccc(N)c(NCC2Nc3cccnc3S2)n1. The van der Waals surface area contributed by atoms with Gasteiger partial charge >= 0.3 is 0 Å². The van der Waals surface area contributed by atoms with Gasteiger partial charge in [0.25, 0.3) is 0 Å². The number of hydrogen-bond acceptors (Lipinski definition) is 8. The number of thioether (sulfide) groups is 1. The van der Waals surface area contributed by atoms with Crippen LogP contribution in [0, 0.1) is 0 Å². The minimum absolute atomic E-state index is 0.168. The molecule has 0 aromatic carbocycles. The molecule has 124 valence electrons. The highest BCUT2D eigenvalue weighted by molar-refractivity contribution is 8.00. The van der Waals surface area contributed by atoms with Crippen molar-refractivity contribution in [2.75, 3.05) is 30.0 Å². The fourth-order valence-corrected chi connectivity index (χ4v) is 3.32. The minimum atomic E-state index is 0.168. The molecule has 0 bridgehead atoms. The van der Waals surface area contributed by atoms with Gasteiger partial charge in [-0.1, -0.05) is 11.8 Å². The number of aromatic nitrogens is 2. The van der Waals surface area contributed by atoms with Gasteiger partial charge in [0.1, 0.15) is 10.8 Å². The van der Waals surface area contributed by atoms with Crippen molar-refractivity contribution in [2.45, 2.75) is 10.4 Å². The maximum absolute atomic E-state index is 6.03. The normalized spacial score (nSPS) is 16.9. The number of pyridine rings is 2. The van der Waals surface area contributed by atoms with Crippen LogP contribution in [0.2, 0.25) is 0 Å². The number of nitrogen functional groups attached to an aromatic ring is 1. The zero-order valence-electron chi connectivity index (χ0n) is 13.2. The van der Waals surface area contributed by atoms with Crippen LogP contribution in [0.3, 0.4) is 0 Å². The first-order chi connectivity index (χ1) is 11.7. The van der Waals surface area contributed by atoms with Crippen LogP contribution in [0.15, 0.2) is 46.7 Å². The maximum atomic E-state index is 6.03. The fourth-order valence-electron chi connectivity index (χ4n) is 2.32. The van der Waals surface area contributed by atoms with Gasteiger partial charge < -0.3 is 22.1 Å². The van der Waals surface area contributed by atoms with Crippen LogP contribution >= 0.6 is 11.8 Å². The van der Waals surface area contributed by atoms with E-state index in [1.807, 2.05) is 24.3 Å². The summed E-state index contributed by atoms with van der Waals surface area (Å²) in [4.78, 5) is 12.9. The van der Waals surface area contributed by atoms with Crippen molar-refractivity contribution in [1.29, 1.82) is 0 Å². The molecule has 1 unspecified atom stereocenters. The molecule has 0 spiro atoms. The lowest BCUT2D eigenvalue weighted by Crippen LogP contribution is -2.22. The highest BCUT2D eigenvalue weighted by Gasteiger charge is 2.22. The number of allylic oxidation sites excluding steroid dienone is 1. The summed E-state index contributed by atoms with van der Waals surface area (Å²) in [6.45, 7) is 0.658. The first kappa shape index (κ1) is 16.1. The number of nitrogens with two attached hydrogens (primary N) is 2. The Morgan fingerprint density at radius 3 is 3.08 bits per heavy atom. The van der Waals surface area contributed by atoms with Gasteiger partial charge in [0, 0.05) is 37.8 Å². The lowest BCUT2D eigenvalue weighted by Gasteiger charge is -2.14. The van der Waals surface area contributed by atoms with Crippen molar-refractivity contribution in [2.24, 2.45) is 10.7 Å². The molecule has 0 radical (unpaired) electrons. The van der Waals surface area contributed by atoms with Gasteiger partial charge in [0.15, 0.2) is 0 Å². The molecular weight excluding hydrogens is 322 g/mol. The number of anilines is 3. The first-order valence-electron chi connectivity index (χ1n) is 7.44. The van der Waals surface area contributed by atoms with Gasteiger partial charge in [-0.25, -0.2) is 9.97 Å². The van der Waals surface area contributed by atoms with Crippen molar-refractivity contribution in [1.82, 2.24) is 9.97 Å². The lowest BCUT2D eigenvalue weighted by molar-refractivity contribution is 1.01. The molecule has 6 N–H and O–H groups in total. The topological polar surface area (TPSA) is 114 Å². The molecule has 2 aromatic rings. The van der Waals surface area contributed by atoms with E-state index in [0.717, 1.165) is 22.0 Å². The summed E-state index contributed by atoms with van der Waals surface area (Å²) in [7, 11) is 1.69. The highest BCUT2D eigenvalue weighted by atomic mass is 32.2. The summed E-state index contributed by atoms with van der Waals surface area (Å²) in [6, 6.07) is 7.57. The third-order valence-corrected chi connectivity index (χ3v) is 4.58. The Kier molecular flexibility index (Phi) is 4.85. The molecule has 3 rings (SSSR count). The molecule has 2 aromatic heterocycles. The van der Waals surface area contributed by atoms with Crippen LogP contribution < -0.4 is 22.1 Å². The second kappa shape index (κ2) is 7.22. The van der Waals surface area contributed by atoms with Crippen LogP contribution in [0.25, 0.3) is 5.57 Å². The smallest absolute Gasteiger partial charge is 0.150 e. The predicted molar refractivity (Wildman–Crippen MR) is 101 cm³/mol. The van der Waals surface area contributed by atoms with Crippen molar-refractivity contribution in [3.63, 3.8) is 0 Å². The highest BCUT2D eigenvalue weighted by Crippen LogP contribution is 2.36. The number of nitrogens with zero attached hydrogens (tertiary/aromatic N) is 3. The van der Waals surface area contributed by atoms with Gasteiger partial charge in [-0.3, -0.25) is 4.99 Å². The van der Waals surface area contributed by atoms with Crippen LogP contribution in [-0.4, -0.2) is 35.1 Å².